The number of ketones is 1. The van der Waals surface area contributed by atoms with Gasteiger partial charge in [-0.1, -0.05) is 12.1 Å². The maximum Gasteiger partial charge on any atom is 0.185 e. The lowest BCUT2D eigenvalue weighted by molar-refractivity contribution is 0.0988. The summed E-state index contributed by atoms with van der Waals surface area (Å²) in [6.45, 7) is 3.24. The van der Waals surface area contributed by atoms with Crippen LogP contribution < -0.4 is 15.4 Å². The van der Waals surface area contributed by atoms with Crippen LogP contribution >= 0.6 is 0 Å². The van der Waals surface area contributed by atoms with E-state index in [1.54, 1.807) is 29.5 Å². The van der Waals surface area contributed by atoms with Crippen LogP contribution in [-0.4, -0.2) is 57.0 Å². The molecule has 0 aliphatic carbocycles. The average Bonchev–Trinajstić information content (AvgIpc) is 3.43. The fourth-order valence-electron chi connectivity index (χ4n) is 5.14. The van der Waals surface area contributed by atoms with E-state index in [4.69, 9.17) is 10.5 Å². The van der Waals surface area contributed by atoms with Gasteiger partial charge in [-0.3, -0.25) is 9.78 Å². The minimum atomic E-state index is -1.06. The van der Waals surface area contributed by atoms with Gasteiger partial charge in [0.2, 0.25) is 0 Å². The first-order valence-corrected chi connectivity index (χ1v) is 12.3. The van der Waals surface area contributed by atoms with E-state index in [0.717, 1.165) is 23.9 Å². The number of hydrogen-bond donors (Lipinski definition) is 1. The third kappa shape index (κ3) is 5.19. The van der Waals surface area contributed by atoms with Crippen LogP contribution in [0, 0.1) is 23.4 Å². The molecule has 0 bridgehead atoms. The van der Waals surface area contributed by atoms with Crippen molar-refractivity contribution in [3.63, 3.8) is 0 Å². The summed E-state index contributed by atoms with van der Waals surface area (Å²) in [5.74, 6) is -3.48. The predicted octanol–water partition coefficient (Wildman–Crippen LogP) is 3.61. The molecule has 0 amide bonds. The topological polar surface area (TPSA) is 112 Å². The second-order valence-electron chi connectivity index (χ2n) is 9.52. The van der Waals surface area contributed by atoms with Crippen LogP contribution in [0.5, 0.6) is 5.75 Å². The van der Waals surface area contributed by atoms with Crippen molar-refractivity contribution in [2.45, 2.75) is 25.4 Å². The van der Waals surface area contributed by atoms with Crippen molar-refractivity contribution < 1.29 is 22.7 Å². The lowest BCUT2D eigenvalue weighted by Gasteiger charge is -2.42. The Morgan fingerprint density at radius 1 is 1.10 bits per heavy atom. The maximum absolute atomic E-state index is 14.6. The van der Waals surface area contributed by atoms with Crippen molar-refractivity contribution in [1.82, 2.24) is 25.0 Å². The predicted molar refractivity (Wildman–Crippen MR) is 137 cm³/mol. The number of piperidine rings is 1. The van der Waals surface area contributed by atoms with Crippen LogP contribution in [0.2, 0.25) is 0 Å². The van der Waals surface area contributed by atoms with Crippen molar-refractivity contribution >= 4 is 11.5 Å². The number of rotatable bonds is 7. The van der Waals surface area contributed by atoms with Crippen molar-refractivity contribution in [3.05, 3.63) is 83.8 Å². The zero-order valence-electron chi connectivity index (χ0n) is 21.3. The summed E-state index contributed by atoms with van der Waals surface area (Å²) < 4.78 is 50.5. The van der Waals surface area contributed by atoms with E-state index in [2.05, 4.69) is 32.1 Å². The maximum atomic E-state index is 14.6. The first-order valence-electron chi connectivity index (χ1n) is 12.3. The second-order valence-corrected chi connectivity index (χ2v) is 9.52. The number of carbonyl (C=O) groups is 1. The number of anilines is 1. The summed E-state index contributed by atoms with van der Waals surface area (Å²) in [6.07, 6.45) is 6.51. The number of carbonyl (C=O) groups excluding carboxylic acids is 1. The number of halogens is 3. The number of nitrogens with two attached hydrogens (primary N) is 1. The number of Topliss-reactive ketones (excluding diaryl/α,β-unsaturated/α-hetero) is 1. The number of aromatic nitrogens is 5. The van der Waals surface area contributed by atoms with Gasteiger partial charge in [0, 0.05) is 67.5 Å². The number of benzene rings is 1. The molecule has 0 saturated carbocycles. The molecule has 0 unspecified atom stereocenters. The van der Waals surface area contributed by atoms with Crippen LogP contribution in [0.25, 0.3) is 11.3 Å². The van der Waals surface area contributed by atoms with Gasteiger partial charge in [0.25, 0.3) is 0 Å². The third-order valence-electron chi connectivity index (χ3n) is 6.90. The molecule has 1 aliphatic rings. The van der Waals surface area contributed by atoms with Crippen molar-refractivity contribution in [3.8, 4) is 17.0 Å². The highest BCUT2D eigenvalue weighted by atomic mass is 19.1. The molecule has 0 spiro atoms. The van der Waals surface area contributed by atoms with Gasteiger partial charge in [0.15, 0.2) is 5.78 Å². The van der Waals surface area contributed by atoms with Gasteiger partial charge < -0.3 is 15.4 Å². The molecule has 9 nitrogen and oxygen atoms in total. The van der Waals surface area contributed by atoms with Crippen LogP contribution in [0.3, 0.4) is 0 Å². The first kappa shape index (κ1) is 26.3. The van der Waals surface area contributed by atoms with Gasteiger partial charge in [-0.25, -0.2) is 22.8 Å². The molecule has 12 heteroatoms. The lowest BCUT2D eigenvalue weighted by Crippen LogP contribution is -2.53. The summed E-state index contributed by atoms with van der Waals surface area (Å²) in [7, 11) is 1.26. The van der Waals surface area contributed by atoms with Gasteiger partial charge in [0.1, 0.15) is 34.6 Å². The van der Waals surface area contributed by atoms with Gasteiger partial charge in [-0.05, 0) is 24.1 Å². The van der Waals surface area contributed by atoms with Gasteiger partial charge in [-0.2, -0.15) is 0 Å². The van der Waals surface area contributed by atoms with E-state index < -0.39 is 34.5 Å². The summed E-state index contributed by atoms with van der Waals surface area (Å²) in [5.41, 5.74) is 6.53. The Balaban J connectivity index is 1.40. The van der Waals surface area contributed by atoms with E-state index >= 15 is 0 Å². The fourth-order valence-corrected chi connectivity index (χ4v) is 5.14. The monoisotopic (exact) mass is 537 g/mol. The number of pyridine rings is 2. The molecule has 0 radical (unpaired) electrons. The SMILES string of the molecule is COc1cc(F)c(-c2nc(C(=O)Cc3cnccc3N3C[C@@H](N)[C@@H](n4ccnn4)[C@@H](C)C3)ccc2F)c(F)c1. The van der Waals surface area contributed by atoms with Crippen molar-refractivity contribution in [1.29, 1.82) is 0 Å². The average molecular weight is 538 g/mol. The first-order chi connectivity index (χ1) is 18.8. The molecule has 3 atom stereocenters. The molecule has 2 N–H and O–H groups in total. The zero-order valence-corrected chi connectivity index (χ0v) is 21.3. The molecule has 1 aliphatic heterocycles. The highest BCUT2D eigenvalue weighted by Crippen LogP contribution is 2.33. The molecule has 39 heavy (non-hydrogen) atoms. The Morgan fingerprint density at radius 2 is 1.87 bits per heavy atom. The molecule has 1 fully saturated rings. The molecule has 1 saturated heterocycles. The summed E-state index contributed by atoms with van der Waals surface area (Å²) in [4.78, 5) is 23.5. The smallest absolute Gasteiger partial charge is 0.185 e. The van der Waals surface area contributed by atoms with Crippen LogP contribution in [-0.2, 0) is 6.42 Å². The molecular weight excluding hydrogens is 511 g/mol. The van der Waals surface area contributed by atoms with Crippen LogP contribution in [0.15, 0.2) is 55.1 Å². The summed E-state index contributed by atoms with van der Waals surface area (Å²) in [6, 6.07) is 5.54. The van der Waals surface area contributed by atoms with E-state index in [1.807, 2.05) is 6.07 Å². The Morgan fingerprint density at radius 3 is 2.54 bits per heavy atom. The number of ether oxygens (including phenoxy) is 1. The minimum absolute atomic E-state index is 0.0312. The highest BCUT2D eigenvalue weighted by Gasteiger charge is 2.35. The molecular formula is C27H26F3N7O2. The van der Waals surface area contributed by atoms with Gasteiger partial charge in [-0.15, -0.1) is 5.10 Å². The lowest BCUT2D eigenvalue weighted by atomic mass is 9.89. The quantitative estimate of drug-likeness (QED) is 0.356. The normalized spacial score (nSPS) is 19.2. The zero-order chi connectivity index (χ0) is 27.7. The van der Waals surface area contributed by atoms with Crippen molar-refractivity contribution in [2.24, 2.45) is 11.7 Å². The molecule has 1 aromatic carbocycles. The van der Waals surface area contributed by atoms with Crippen LogP contribution in [0.1, 0.15) is 29.0 Å². The Hall–Kier alpha value is -4.32. The van der Waals surface area contributed by atoms with Gasteiger partial charge in [0.05, 0.1) is 24.9 Å². The van der Waals surface area contributed by atoms with Crippen LogP contribution in [0.4, 0.5) is 18.9 Å². The number of nitrogens with zero attached hydrogens (tertiary/aromatic N) is 6. The number of methoxy groups -OCH3 is 1. The van der Waals surface area contributed by atoms with E-state index in [1.165, 1.54) is 13.2 Å². The standard InChI is InChI=1S/C27H26F3N7O2/c1-15-13-36(14-21(31)27(15)37-8-7-33-35-37)23-5-6-32-12-16(23)9-24(38)22-4-3-18(28)26(34-22)25-19(29)10-17(39-2)11-20(25)30/h3-8,10-12,15,21,27H,9,13-14,31H2,1-2H3/t15-,21+,27-/m0/s1. The Kier molecular flexibility index (Phi) is 7.29. The largest absolute Gasteiger partial charge is 0.497 e. The van der Waals surface area contributed by atoms with Gasteiger partial charge >= 0.3 is 0 Å². The summed E-state index contributed by atoms with van der Waals surface area (Å²) in [5, 5.41) is 8.00. The third-order valence-corrected chi connectivity index (χ3v) is 6.90. The molecule has 4 aromatic rings. The van der Waals surface area contributed by atoms with E-state index in [-0.39, 0.29) is 35.9 Å². The Bertz CT molecular complexity index is 1460. The highest BCUT2D eigenvalue weighted by molar-refractivity contribution is 5.97. The second kappa shape index (κ2) is 10.8. The van der Waals surface area contributed by atoms with E-state index in [0.29, 0.717) is 18.7 Å². The fraction of sp³-hybridized carbons (Fsp3) is 0.296. The molecule has 3 aromatic heterocycles. The summed E-state index contributed by atoms with van der Waals surface area (Å²) >= 11 is 0. The van der Waals surface area contributed by atoms with E-state index in [9.17, 15) is 18.0 Å². The van der Waals surface area contributed by atoms with Crippen molar-refractivity contribution in [2.75, 3.05) is 25.1 Å². The molecule has 5 rings (SSSR count). The molecule has 202 valence electrons. The molecule has 4 heterocycles. The Labute approximate surface area is 222 Å². The minimum Gasteiger partial charge on any atom is -0.497 e. The number of hydrogen-bond acceptors (Lipinski definition) is 8.